The van der Waals surface area contributed by atoms with Crippen molar-refractivity contribution in [2.24, 2.45) is 0 Å². The van der Waals surface area contributed by atoms with Crippen molar-refractivity contribution in [3.8, 4) is 0 Å². The van der Waals surface area contributed by atoms with Crippen LogP contribution in [0.25, 0.3) is 0 Å². The van der Waals surface area contributed by atoms with Crippen molar-refractivity contribution in [1.29, 1.82) is 0 Å². The Bertz CT molecular complexity index is 29.9. The summed E-state index contributed by atoms with van der Waals surface area (Å²) in [6.07, 6.45) is 0. The van der Waals surface area contributed by atoms with Crippen molar-refractivity contribution < 1.29 is 61.4 Å². The van der Waals surface area contributed by atoms with E-state index < -0.39 is 20.4 Å². The molecule has 0 aromatic carbocycles. The summed E-state index contributed by atoms with van der Waals surface area (Å²) in [4.78, 5) is 0. The van der Waals surface area contributed by atoms with Crippen LogP contribution in [0.4, 0.5) is 0 Å². The fourth-order valence-corrected chi connectivity index (χ4v) is 0. The van der Waals surface area contributed by atoms with E-state index in [2.05, 4.69) is 0 Å². The van der Waals surface area contributed by atoms with Gasteiger partial charge >= 0.3 is 81.8 Å². The molecule has 0 aliphatic carbocycles. The second-order valence-corrected chi connectivity index (χ2v) is 1.46. The Morgan fingerprint density at radius 3 is 1.80 bits per heavy atom. The van der Waals surface area contributed by atoms with Crippen LogP contribution < -0.4 is 54.9 Å². The predicted molar refractivity (Wildman–Crippen MR) is 8.66 cm³/mol. The standard InChI is InChI=1S/K.H2O3Te/c;1-4(2)3/h;(H2,1,2,3)/q+1;/p-1. The normalized spacial score (nSPS) is 7.00. The van der Waals surface area contributed by atoms with E-state index in [1.165, 1.54) is 0 Å². The van der Waals surface area contributed by atoms with E-state index in [9.17, 15) is 0 Å². The van der Waals surface area contributed by atoms with Gasteiger partial charge in [-0.1, -0.05) is 0 Å². The summed E-state index contributed by atoms with van der Waals surface area (Å²) >= 11 is -3.86. The van der Waals surface area contributed by atoms with Crippen LogP contribution >= 0.6 is 0 Å². The molecule has 0 atom stereocenters. The van der Waals surface area contributed by atoms with Crippen LogP contribution in [0.5, 0.6) is 0 Å². The fraction of sp³-hybridized carbons (Fsp3) is 0. The largest absolute Gasteiger partial charge is 1.00 e. The van der Waals surface area contributed by atoms with Gasteiger partial charge in [0.15, 0.2) is 0 Å². The van der Waals surface area contributed by atoms with Crippen LogP contribution in [-0.4, -0.2) is 23.8 Å². The molecule has 0 bridgehead atoms. The fourth-order valence-electron chi connectivity index (χ4n) is 0. The van der Waals surface area contributed by atoms with Gasteiger partial charge in [0.1, 0.15) is 0 Å². The van der Waals surface area contributed by atoms with Crippen LogP contribution in [0.2, 0.25) is 0 Å². The van der Waals surface area contributed by atoms with Crippen molar-refractivity contribution in [3.63, 3.8) is 0 Å². The second kappa shape index (κ2) is 6.15. The van der Waals surface area contributed by atoms with E-state index in [1.54, 1.807) is 0 Å². The van der Waals surface area contributed by atoms with Gasteiger partial charge in [0.2, 0.25) is 0 Å². The van der Waals surface area contributed by atoms with Crippen LogP contribution in [0, 0.1) is 0 Å². The third-order valence-electron chi connectivity index (χ3n) is 0. The third-order valence-corrected chi connectivity index (χ3v) is 0. The molecule has 0 saturated heterocycles. The summed E-state index contributed by atoms with van der Waals surface area (Å²) < 4.78 is 24.5. The molecule has 0 heterocycles. The first-order valence-electron chi connectivity index (χ1n) is 0.516. The smallest absolute Gasteiger partial charge is 1.00 e. The number of rotatable bonds is 0. The molecule has 0 radical (unpaired) electrons. The van der Waals surface area contributed by atoms with Gasteiger partial charge in [0.25, 0.3) is 0 Å². The Kier molecular flexibility index (Phi) is 12.5. The molecule has 1 N–H and O–H groups in total. The zero-order valence-corrected chi connectivity index (χ0v) is 8.13. The molecular weight excluding hydrogens is 215 g/mol. The van der Waals surface area contributed by atoms with Gasteiger partial charge in [-0.25, -0.2) is 0 Å². The summed E-state index contributed by atoms with van der Waals surface area (Å²) in [5, 5.41) is 0. The Labute approximate surface area is 79.9 Å². The molecule has 0 fully saturated rings. The Hall–Kier alpha value is 2.15. The topological polar surface area (TPSA) is 60.4 Å². The van der Waals surface area contributed by atoms with Crippen molar-refractivity contribution in [3.05, 3.63) is 0 Å². The molecule has 0 spiro atoms. The molecule has 0 amide bonds. The Morgan fingerprint density at radius 2 is 1.80 bits per heavy atom. The quantitative estimate of drug-likeness (QED) is 0.411. The molecule has 0 unspecified atom stereocenters. The molecule has 0 aliphatic heterocycles. The number of hydrogen-bond donors (Lipinski definition) is 1. The average Bonchev–Trinajstić information content (AvgIpc) is 0.811. The van der Waals surface area contributed by atoms with Gasteiger partial charge in [0.05, 0.1) is 0 Å². The van der Waals surface area contributed by atoms with Gasteiger partial charge in [-0.2, -0.15) is 0 Å². The van der Waals surface area contributed by atoms with Gasteiger partial charge in [-0.05, 0) is 0 Å². The van der Waals surface area contributed by atoms with Crippen LogP contribution in [0.1, 0.15) is 0 Å². The molecule has 5 heteroatoms. The van der Waals surface area contributed by atoms with E-state index in [-0.39, 0.29) is 51.4 Å². The SMILES string of the molecule is O=[Te]([O-])O.[K+]. The summed E-state index contributed by atoms with van der Waals surface area (Å²) in [6.45, 7) is 0. The minimum absolute atomic E-state index is 0. The van der Waals surface area contributed by atoms with Gasteiger partial charge in [0, 0.05) is 0 Å². The predicted octanol–water partition coefficient (Wildman–Crippen LogP) is -5.24. The Balaban J connectivity index is 0. The van der Waals surface area contributed by atoms with Crippen molar-refractivity contribution in [2.75, 3.05) is 0 Å². The molecule has 0 aliphatic rings. The molecular formula is HKO3Te. The maximum Gasteiger partial charge on any atom is 1.00 e. The zero-order chi connectivity index (χ0) is 3.58. The van der Waals surface area contributed by atoms with E-state index in [0.29, 0.717) is 0 Å². The summed E-state index contributed by atoms with van der Waals surface area (Å²) in [7, 11) is 0. The average molecular weight is 216 g/mol. The molecule has 26 valence electrons. The summed E-state index contributed by atoms with van der Waals surface area (Å²) in [5.74, 6) is 0. The number of hydrogen-bond acceptors (Lipinski definition) is 2. The van der Waals surface area contributed by atoms with Crippen LogP contribution in [0.15, 0.2) is 0 Å². The molecule has 0 aromatic heterocycles. The van der Waals surface area contributed by atoms with Crippen LogP contribution in [-0.2, 0) is 3.10 Å². The van der Waals surface area contributed by atoms with Gasteiger partial charge in [-0.15, -0.1) is 0 Å². The summed E-state index contributed by atoms with van der Waals surface area (Å²) in [5.41, 5.74) is 0. The molecule has 0 aromatic rings. The Morgan fingerprint density at radius 1 is 1.80 bits per heavy atom. The minimum atomic E-state index is -3.86. The third kappa shape index (κ3) is 22.9. The van der Waals surface area contributed by atoms with E-state index in [0.717, 1.165) is 0 Å². The summed E-state index contributed by atoms with van der Waals surface area (Å²) in [6, 6.07) is 0. The zero-order valence-electron chi connectivity index (χ0n) is 2.67. The second-order valence-electron chi connectivity index (χ2n) is 0.217. The first-order valence-corrected chi connectivity index (χ1v) is 3.46. The molecule has 3 nitrogen and oxygen atoms in total. The van der Waals surface area contributed by atoms with E-state index >= 15 is 0 Å². The molecule has 0 rings (SSSR count). The van der Waals surface area contributed by atoms with Crippen LogP contribution in [0.3, 0.4) is 0 Å². The maximum atomic E-state index is 8.70. The molecule has 0 saturated carbocycles. The van der Waals surface area contributed by atoms with E-state index in [1.807, 2.05) is 0 Å². The molecule has 5 heavy (non-hydrogen) atoms. The maximum absolute atomic E-state index is 8.70. The first kappa shape index (κ1) is 10.2. The van der Waals surface area contributed by atoms with E-state index in [4.69, 9.17) is 10.0 Å². The van der Waals surface area contributed by atoms with Crippen molar-refractivity contribution >= 4 is 20.4 Å². The van der Waals surface area contributed by atoms with Gasteiger partial charge in [-0.3, -0.25) is 0 Å². The monoisotopic (exact) mass is 218 g/mol. The van der Waals surface area contributed by atoms with Crippen molar-refractivity contribution in [2.45, 2.75) is 0 Å². The van der Waals surface area contributed by atoms with Gasteiger partial charge < -0.3 is 0 Å². The first-order chi connectivity index (χ1) is 1.73. The minimum Gasteiger partial charge on any atom is 1.00 e. The van der Waals surface area contributed by atoms with Crippen molar-refractivity contribution in [1.82, 2.24) is 0 Å².